The van der Waals surface area contributed by atoms with E-state index < -0.39 is 17.5 Å². The Kier molecular flexibility index (Phi) is 5.31. The Morgan fingerprint density at radius 2 is 1.73 bits per heavy atom. The van der Waals surface area contributed by atoms with Crippen molar-refractivity contribution in [2.45, 2.75) is 90.2 Å². The van der Waals surface area contributed by atoms with Gasteiger partial charge in [-0.05, 0) is 49.9 Å². The maximum Gasteiger partial charge on any atom is 0.326 e. The van der Waals surface area contributed by atoms with E-state index in [9.17, 15) is 14.4 Å². The number of esters is 1. The van der Waals surface area contributed by atoms with Gasteiger partial charge in [0.15, 0.2) is 0 Å². The molecule has 1 saturated heterocycles. The van der Waals surface area contributed by atoms with E-state index in [1.54, 1.807) is 0 Å². The Morgan fingerprint density at radius 3 is 2.31 bits per heavy atom. The van der Waals surface area contributed by atoms with Gasteiger partial charge in [-0.1, -0.05) is 40.0 Å². The summed E-state index contributed by atoms with van der Waals surface area (Å²) >= 11 is 0. The maximum atomic E-state index is 12.7. The summed E-state index contributed by atoms with van der Waals surface area (Å²) < 4.78 is 5.57. The molecule has 1 spiro atoms. The van der Waals surface area contributed by atoms with Crippen molar-refractivity contribution in [3.05, 3.63) is 0 Å². The van der Waals surface area contributed by atoms with E-state index in [1.807, 2.05) is 0 Å². The summed E-state index contributed by atoms with van der Waals surface area (Å²) in [4.78, 5) is 38.3. The number of urea groups is 1. The highest BCUT2D eigenvalue weighted by Crippen LogP contribution is 2.38. The average Bonchev–Trinajstić information content (AvgIpc) is 2.79. The second kappa shape index (κ2) is 7.20. The minimum atomic E-state index is -0.777. The molecule has 1 N–H and O–H groups in total. The van der Waals surface area contributed by atoms with Crippen LogP contribution in [-0.4, -0.2) is 41.0 Å². The fourth-order valence-corrected chi connectivity index (χ4v) is 4.71. The molecule has 2 saturated carbocycles. The Morgan fingerprint density at radius 1 is 1.12 bits per heavy atom. The number of amides is 3. The van der Waals surface area contributed by atoms with Crippen molar-refractivity contribution < 1.29 is 19.1 Å². The molecule has 146 valence electrons. The summed E-state index contributed by atoms with van der Waals surface area (Å²) in [5.74, 6) is -0.0780. The van der Waals surface area contributed by atoms with Gasteiger partial charge in [-0.2, -0.15) is 0 Å². The highest BCUT2D eigenvalue weighted by atomic mass is 16.5. The third-order valence-electron chi connectivity index (χ3n) is 6.44. The molecule has 0 bridgehead atoms. The third kappa shape index (κ3) is 3.89. The van der Waals surface area contributed by atoms with Crippen molar-refractivity contribution in [3.63, 3.8) is 0 Å². The van der Waals surface area contributed by atoms with Crippen molar-refractivity contribution >= 4 is 17.9 Å². The van der Waals surface area contributed by atoms with Gasteiger partial charge >= 0.3 is 12.0 Å². The molecule has 3 fully saturated rings. The molecule has 6 heteroatoms. The number of imide groups is 1. The summed E-state index contributed by atoms with van der Waals surface area (Å²) in [7, 11) is 0. The molecule has 0 aromatic rings. The fraction of sp³-hybridized carbons (Fsp3) is 0.850. The maximum absolute atomic E-state index is 12.7. The lowest BCUT2D eigenvalue weighted by atomic mass is 9.72. The Labute approximate surface area is 156 Å². The summed E-state index contributed by atoms with van der Waals surface area (Å²) in [6, 6.07) is -0.453. The van der Waals surface area contributed by atoms with Gasteiger partial charge in [0.1, 0.15) is 18.2 Å². The molecule has 6 nitrogen and oxygen atoms in total. The van der Waals surface area contributed by atoms with Gasteiger partial charge in [-0.15, -0.1) is 0 Å². The second-order valence-electron chi connectivity index (χ2n) is 9.29. The molecular weight excluding hydrogens is 332 g/mol. The number of ether oxygens (including phenoxy) is 1. The highest BCUT2D eigenvalue weighted by molar-refractivity contribution is 6.08. The third-order valence-corrected chi connectivity index (χ3v) is 6.44. The van der Waals surface area contributed by atoms with Crippen LogP contribution >= 0.6 is 0 Å². The van der Waals surface area contributed by atoms with E-state index in [1.165, 1.54) is 0 Å². The molecule has 0 unspecified atom stereocenters. The van der Waals surface area contributed by atoms with Crippen LogP contribution in [0.2, 0.25) is 0 Å². The SMILES string of the molecule is CC(C)(C)C1CCC(OC(=O)CN2C(=O)NC3(CCCCC3)C2=O)CC1. The van der Waals surface area contributed by atoms with Gasteiger partial charge in [0.05, 0.1) is 0 Å². The van der Waals surface area contributed by atoms with E-state index >= 15 is 0 Å². The number of carbonyl (C=O) groups is 3. The van der Waals surface area contributed by atoms with E-state index in [-0.39, 0.29) is 24.0 Å². The van der Waals surface area contributed by atoms with Crippen LogP contribution in [0.15, 0.2) is 0 Å². The molecule has 0 radical (unpaired) electrons. The van der Waals surface area contributed by atoms with Gasteiger partial charge in [-0.3, -0.25) is 14.5 Å². The number of hydrogen-bond acceptors (Lipinski definition) is 4. The zero-order chi connectivity index (χ0) is 18.9. The molecule has 3 rings (SSSR count). The number of rotatable bonds is 3. The monoisotopic (exact) mass is 364 g/mol. The van der Waals surface area contributed by atoms with Gasteiger partial charge < -0.3 is 10.1 Å². The van der Waals surface area contributed by atoms with Crippen LogP contribution in [0, 0.1) is 11.3 Å². The molecule has 0 aromatic carbocycles. The number of nitrogens with one attached hydrogen (secondary N) is 1. The Hall–Kier alpha value is -1.59. The fourth-order valence-electron chi connectivity index (χ4n) is 4.71. The lowest BCUT2D eigenvalue weighted by Gasteiger charge is -2.36. The quantitative estimate of drug-likeness (QED) is 0.615. The summed E-state index contributed by atoms with van der Waals surface area (Å²) in [5.41, 5.74) is -0.496. The summed E-state index contributed by atoms with van der Waals surface area (Å²) in [6.07, 6.45) is 8.01. The van der Waals surface area contributed by atoms with Crippen LogP contribution in [-0.2, 0) is 14.3 Å². The molecule has 3 aliphatic rings. The first-order valence-electron chi connectivity index (χ1n) is 10.0. The lowest BCUT2D eigenvalue weighted by molar-refractivity contribution is -0.154. The van der Waals surface area contributed by atoms with E-state index in [0.29, 0.717) is 18.8 Å². The Balaban J connectivity index is 1.51. The molecule has 1 heterocycles. The highest BCUT2D eigenvalue weighted by Gasteiger charge is 2.51. The van der Waals surface area contributed by atoms with E-state index in [0.717, 1.165) is 49.8 Å². The molecule has 0 aromatic heterocycles. The molecule has 26 heavy (non-hydrogen) atoms. The molecular formula is C20H32N2O4. The first-order chi connectivity index (χ1) is 12.2. The smallest absolute Gasteiger partial charge is 0.326 e. The summed E-state index contributed by atoms with van der Waals surface area (Å²) in [6.45, 7) is 6.49. The molecule has 2 aliphatic carbocycles. The molecule has 3 amide bonds. The first-order valence-corrected chi connectivity index (χ1v) is 10.0. The van der Waals surface area contributed by atoms with Crippen molar-refractivity contribution in [2.24, 2.45) is 11.3 Å². The minimum Gasteiger partial charge on any atom is -0.461 e. The van der Waals surface area contributed by atoms with Gasteiger partial charge in [0.25, 0.3) is 5.91 Å². The van der Waals surface area contributed by atoms with Crippen molar-refractivity contribution in [3.8, 4) is 0 Å². The van der Waals surface area contributed by atoms with Crippen LogP contribution in [0.1, 0.15) is 78.6 Å². The number of carbonyl (C=O) groups excluding carboxylic acids is 3. The average molecular weight is 364 g/mol. The lowest BCUT2D eigenvalue weighted by Crippen LogP contribution is -2.48. The molecule has 1 aliphatic heterocycles. The van der Waals surface area contributed by atoms with Gasteiger partial charge in [0, 0.05) is 0 Å². The van der Waals surface area contributed by atoms with Gasteiger partial charge in [0.2, 0.25) is 0 Å². The van der Waals surface area contributed by atoms with E-state index in [2.05, 4.69) is 26.1 Å². The number of nitrogens with zero attached hydrogens (tertiary/aromatic N) is 1. The zero-order valence-corrected chi connectivity index (χ0v) is 16.3. The van der Waals surface area contributed by atoms with Crippen LogP contribution in [0.4, 0.5) is 4.79 Å². The topological polar surface area (TPSA) is 75.7 Å². The van der Waals surface area contributed by atoms with Crippen LogP contribution in [0.3, 0.4) is 0 Å². The van der Waals surface area contributed by atoms with Crippen molar-refractivity contribution in [2.75, 3.05) is 6.54 Å². The van der Waals surface area contributed by atoms with Crippen LogP contribution in [0.25, 0.3) is 0 Å². The van der Waals surface area contributed by atoms with Crippen molar-refractivity contribution in [1.82, 2.24) is 10.2 Å². The predicted molar refractivity (Wildman–Crippen MR) is 97.4 cm³/mol. The largest absolute Gasteiger partial charge is 0.461 e. The van der Waals surface area contributed by atoms with Gasteiger partial charge in [-0.25, -0.2) is 4.79 Å². The normalized spacial score (nSPS) is 29.0. The van der Waals surface area contributed by atoms with E-state index in [4.69, 9.17) is 4.74 Å². The number of hydrogen-bond donors (Lipinski definition) is 1. The first kappa shape index (κ1) is 19.2. The second-order valence-corrected chi connectivity index (χ2v) is 9.29. The zero-order valence-electron chi connectivity index (χ0n) is 16.3. The predicted octanol–water partition coefficient (Wildman–Crippen LogP) is 3.39. The van der Waals surface area contributed by atoms with Crippen LogP contribution in [0.5, 0.6) is 0 Å². The molecule has 0 atom stereocenters. The standard InChI is InChI=1S/C20H32N2O4/c1-19(2,3)14-7-9-15(10-8-14)26-16(23)13-22-17(24)20(21-18(22)25)11-5-4-6-12-20/h14-15H,4-13H2,1-3H3,(H,21,25). The minimum absolute atomic E-state index is 0.0921. The van der Waals surface area contributed by atoms with Crippen molar-refractivity contribution in [1.29, 1.82) is 0 Å². The summed E-state index contributed by atoms with van der Waals surface area (Å²) in [5, 5.41) is 2.83. The van der Waals surface area contributed by atoms with Crippen LogP contribution < -0.4 is 5.32 Å². The Bertz CT molecular complexity index is 567.